The van der Waals surface area contributed by atoms with Crippen LogP contribution in [-0.4, -0.2) is 22.8 Å². The number of benzene rings is 4. The molecule has 1 aliphatic rings. The van der Waals surface area contributed by atoms with Gasteiger partial charge in [0.1, 0.15) is 30.3 Å². The van der Waals surface area contributed by atoms with Gasteiger partial charge >= 0.3 is 6.03 Å². The van der Waals surface area contributed by atoms with Crippen LogP contribution in [-0.2, 0) is 22.8 Å². The molecule has 12 heteroatoms. The number of halogens is 2. The van der Waals surface area contributed by atoms with Crippen LogP contribution in [0.3, 0.4) is 0 Å². The smallest absolute Gasteiger partial charge is 0.335 e. The van der Waals surface area contributed by atoms with E-state index in [2.05, 4.69) is 21.2 Å². The lowest BCUT2D eigenvalue weighted by Crippen LogP contribution is -2.54. The number of nitrogens with zero attached hydrogens (tertiary/aromatic N) is 2. The summed E-state index contributed by atoms with van der Waals surface area (Å²) in [6.07, 6.45) is 1.28. The molecule has 0 atom stereocenters. The first-order valence-corrected chi connectivity index (χ1v) is 13.9. The molecule has 5 rings (SSSR count). The van der Waals surface area contributed by atoms with Crippen molar-refractivity contribution in [1.29, 1.82) is 0 Å². The molecule has 0 spiro atoms. The normalized spacial score (nSPS) is 14.0. The molecule has 1 aliphatic heterocycles. The maximum atomic E-state index is 13.5. The molecule has 0 radical (unpaired) electrons. The minimum absolute atomic E-state index is 0.0273. The third kappa shape index (κ3) is 7.08. The fourth-order valence-electron chi connectivity index (χ4n) is 4.17. The molecule has 0 bridgehead atoms. The molecule has 4 aromatic rings. The molecule has 0 aromatic heterocycles. The van der Waals surface area contributed by atoms with Crippen molar-refractivity contribution in [2.45, 2.75) is 13.2 Å². The monoisotopic (exact) mass is 661 g/mol. The van der Waals surface area contributed by atoms with Crippen molar-refractivity contribution in [3.63, 3.8) is 0 Å². The average molecular weight is 663 g/mol. The Kier molecular flexibility index (Phi) is 8.84. The summed E-state index contributed by atoms with van der Waals surface area (Å²) in [7, 11) is 0. The van der Waals surface area contributed by atoms with E-state index in [1.165, 1.54) is 36.4 Å². The second-order valence-electron chi connectivity index (χ2n) is 9.26. The number of nitro benzene ring substituents is 1. The van der Waals surface area contributed by atoms with Gasteiger partial charge in [-0.15, -0.1) is 0 Å². The number of amides is 4. The molecule has 0 saturated carbocycles. The van der Waals surface area contributed by atoms with Gasteiger partial charge in [-0.25, -0.2) is 9.69 Å². The van der Waals surface area contributed by atoms with E-state index < -0.39 is 22.8 Å². The molecule has 1 heterocycles. The molecule has 216 valence electrons. The summed E-state index contributed by atoms with van der Waals surface area (Å²) < 4.78 is 12.6. The molecule has 10 nitrogen and oxygen atoms in total. The Hall–Kier alpha value is -5.00. The van der Waals surface area contributed by atoms with Crippen LogP contribution in [0.2, 0.25) is 5.02 Å². The number of barbiturate groups is 1. The summed E-state index contributed by atoms with van der Waals surface area (Å²) in [5.74, 6) is -0.945. The Balaban J connectivity index is 1.35. The SMILES string of the molecule is O=C1NC(=O)N(c2ccc(OCc3ccc(Br)cc3)cc2)C(=O)/C1=C/c1cc(Cl)ccc1OCc1cccc([N+](=O)[O-])c1. The molecule has 0 aliphatic carbocycles. The number of urea groups is 1. The molecular formula is C31H21BrClN3O7. The first-order valence-electron chi connectivity index (χ1n) is 12.7. The number of carbonyl (C=O) groups is 3. The number of nitrogens with one attached hydrogen (secondary N) is 1. The highest BCUT2D eigenvalue weighted by atomic mass is 79.9. The van der Waals surface area contributed by atoms with E-state index in [4.69, 9.17) is 21.1 Å². The Bertz CT molecular complexity index is 1760. The molecule has 1 fully saturated rings. The van der Waals surface area contributed by atoms with Gasteiger partial charge in [-0.05, 0) is 71.8 Å². The van der Waals surface area contributed by atoms with E-state index in [1.54, 1.807) is 36.4 Å². The Labute approximate surface area is 258 Å². The van der Waals surface area contributed by atoms with Crippen molar-refractivity contribution in [3.8, 4) is 11.5 Å². The number of anilines is 1. The zero-order chi connectivity index (χ0) is 30.5. The first kappa shape index (κ1) is 29.5. The van der Waals surface area contributed by atoms with Crippen LogP contribution in [0, 0.1) is 10.1 Å². The third-order valence-electron chi connectivity index (χ3n) is 6.30. The van der Waals surface area contributed by atoms with E-state index in [0.717, 1.165) is 14.9 Å². The summed E-state index contributed by atoms with van der Waals surface area (Å²) in [5, 5.41) is 13.6. The highest BCUT2D eigenvalue weighted by Crippen LogP contribution is 2.29. The van der Waals surface area contributed by atoms with Crippen molar-refractivity contribution in [2.24, 2.45) is 0 Å². The number of ether oxygens (including phenoxy) is 2. The topological polar surface area (TPSA) is 128 Å². The second kappa shape index (κ2) is 12.9. The molecule has 1 saturated heterocycles. The zero-order valence-electron chi connectivity index (χ0n) is 22.2. The van der Waals surface area contributed by atoms with Crippen molar-refractivity contribution in [2.75, 3.05) is 4.90 Å². The number of hydrogen-bond acceptors (Lipinski definition) is 7. The maximum absolute atomic E-state index is 13.5. The number of rotatable bonds is 9. The number of imide groups is 2. The minimum atomic E-state index is -0.899. The quantitative estimate of drug-likeness (QED) is 0.0900. The lowest BCUT2D eigenvalue weighted by molar-refractivity contribution is -0.384. The molecule has 4 amide bonds. The standard InChI is InChI=1S/C31H21BrClN3O7/c32-22-6-4-19(5-7-22)17-42-26-11-9-24(10-12-26)35-30(38)27(29(37)34-31(35)39)16-21-15-23(33)8-13-28(21)43-18-20-2-1-3-25(14-20)36(40)41/h1-16H,17-18H2,(H,34,37,39)/b27-16+. The van der Waals surface area contributed by atoms with Crippen molar-refractivity contribution in [1.82, 2.24) is 5.32 Å². The molecule has 1 N–H and O–H groups in total. The number of non-ortho nitro benzene ring substituents is 1. The predicted molar refractivity (Wildman–Crippen MR) is 163 cm³/mol. The lowest BCUT2D eigenvalue weighted by atomic mass is 10.1. The van der Waals surface area contributed by atoms with Gasteiger partial charge in [0.2, 0.25) is 0 Å². The van der Waals surface area contributed by atoms with E-state index in [9.17, 15) is 24.5 Å². The summed E-state index contributed by atoms with van der Waals surface area (Å²) >= 11 is 9.58. The summed E-state index contributed by atoms with van der Waals surface area (Å²) in [6.45, 7) is 0.294. The van der Waals surface area contributed by atoms with Gasteiger partial charge in [-0.3, -0.25) is 25.0 Å². The van der Waals surface area contributed by atoms with E-state index in [-0.39, 0.29) is 29.3 Å². The number of carbonyl (C=O) groups excluding carboxylic acids is 3. The molecule has 43 heavy (non-hydrogen) atoms. The van der Waals surface area contributed by atoms with Gasteiger partial charge in [0.15, 0.2) is 0 Å². The zero-order valence-corrected chi connectivity index (χ0v) is 24.5. The van der Waals surface area contributed by atoms with E-state index in [1.807, 2.05) is 24.3 Å². The summed E-state index contributed by atoms with van der Waals surface area (Å²) in [6, 6.07) is 23.6. The van der Waals surface area contributed by atoms with Gasteiger partial charge in [0, 0.05) is 27.2 Å². The highest BCUT2D eigenvalue weighted by molar-refractivity contribution is 9.10. The van der Waals surface area contributed by atoms with Gasteiger partial charge < -0.3 is 9.47 Å². The van der Waals surface area contributed by atoms with Gasteiger partial charge in [-0.1, -0.05) is 51.8 Å². The van der Waals surface area contributed by atoms with Crippen LogP contribution in [0.1, 0.15) is 16.7 Å². The van der Waals surface area contributed by atoms with Crippen LogP contribution in [0.4, 0.5) is 16.2 Å². The Morgan fingerprint density at radius 2 is 1.60 bits per heavy atom. The fourth-order valence-corrected chi connectivity index (χ4v) is 4.62. The second-order valence-corrected chi connectivity index (χ2v) is 10.6. The van der Waals surface area contributed by atoms with E-state index >= 15 is 0 Å². The van der Waals surface area contributed by atoms with E-state index in [0.29, 0.717) is 28.5 Å². The van der Waals surface area contributed by atoms with Crippen molar-refractivity contribution >= 4 is 62.8 Å². The minimum Gasteiger partial charge on any atom is -0.489 e. The summed E-state index contributed by atoms with van der Waals surface area (Å²) in [4.78, 5) is 50.4. The first-order chi connectivity index (χ1) is 20.7. The third-order valence-corrected chi connectivity index (χ3v) is 7.07. The number of nitro groups is 1. The van der Waals surface area contributed by atoms with Crippen LogP contribution < -0.4 is 19.7 Å². The molecule has 4 aromatic carbocycles. The van der Waals surface area contributed by atoms with Crippen molar-refractivity contribution in [3.05, 3.63) is 133 Å². The van der Waals surface area contributed by atoms with Crippen LogP contribution in [0.15, 0.2) is 101 Å². The Morgan fingerprint density at radius 3 is 2.33 bits per heavy atom. The predicted octanol–water partition coefficient (Wildman–Crippen LogP) is 6.84. The van der Waals surface area contributed by atoms with Crippen LogP contribution in [0.25, 0.3) is 6.08 Å². The van der Waals surface area contributed by atoms with Gasteiger partial charge in [0.05, 0.1) is 10.6 Å². The van der Waals surface area contributed by atoms with Crippen LogP contribution in [0.5, 0.6) is 11.5 Å². The molecule has 0 unspecified atom stereocenters. The largest absolute Gasteiger partial charge is 0.489 e. The Morgan fingerprint density at radius 1 is 0.884 bits per heavy atom. The van der Waals surface area contributed by atoms with Gasteiger partial charge in [0.25, 0.3) is 17.5 Å². The lowest BCUT2D eigenvalue weighted by Gasteiger charge is -2.26. The van der Waals surface area contributed by atoms with Gasteiger partial charge in [-0.2, -0.15) is 0 Å². The summed E-state index contributed by atoms with van der Waals surface area (Å²) in [5.41, 5.74) is 1.61. The maximum Gasteiger partial charge on any atom is 0.335 e. The van der Waals surface area contributed by atoms with Crippen molar-refractivity contribution < 1.29 is 28.8 Å². The van der Waals surface area contributed by atoms with Crippen LogP contribution >= 0.6 is 27.5 Å². The highest BCUT2D eigenvalue weighted by Gasteiger charge is 2.37. The average Bonchev–Trinajstić information content (AvgIpc) is 2.99. The fraction of sp³-hybridized carbons (Fsp3) is 0.0645. The number of hydrogen-bond donors (Lipinski definition) is 1. The molecular weight excluding hydrogens is 642 g/mol.